The van der Waals surface area contributed by atoms with Crippen LogP contribution in [0, 0.1) is 11.8 Å². The van der Waals surface area contributed by atoms with Gasteiger partial charge in [-0.1, -0.05) is 55.5 Å². The number of carboxylic acid groups (broad SMARTS) is 1. The highest BCUT2D eigenvalue weighted by atomic mass is 19.1. The SMILES string of the molecule is CC[C@@]1(C(N)=O)[C@H](c2ccccc2)CC(c2c(C(=O)O)n(C)c3ccccc23)N1C(=O)C1CCC(C(CF)NC(=O)OC(C)(C)C)CC1. The number of para-hydroxylation sites is 1. The monoisotopic (exact) mass is 662 g/mol. The zero-order valence-electron chi connectivity index (χ0n) is 28.4. The van der Waals surface area contributed by atoms with E-state index in [1.165, 1.54) is 0 Å². The molecule has 4 atom stereocenters. The third kappa shape index (κ3) is 6.26. The highest BCUT2D eigenvalue weighted by Crippen LogP contribution is 2.56. The molecule has 2 fully saturated rings. The fourth-order valence-corrected chi connectivity index (χ4v) is 8.27. The van der Waals surface area contributed by atoms with Gasteiger partial charge in [-0.3, -0.25) is 9.59 Å². The molecule has 48 heavy (non-hydrogen) atoms. The largest absolute Gasteiger partial charge is 0.477 e. The Bertz CT molecular complexity index is 1680. The molecule has 2 aliphatic rings. The third-order valence-electron chi connectivity index (χ3n) is 10.4. The molecule has 1 aromatic heterocycles. The highest BCUT2D eigenvalue weighted by molar-refractivity contribution is 6.00. The number of benzene rings is 2. The van der Waals surface area contributed by atoms with Gasteiger partial charge < -0.3 is 30.4 Å². The number of carboxylic acids is 1. The summed E-state index contributed by atoms with van der Waals surface area (Å²) in [7, 11) is 1.69. The van der Waals surface area contributed by atoms with Crippen molar-refractivity contribution in [2.45, 2.75) is 95.4 Å². The molecule has 0 spiro atoms. The van der Waals surface area contributed by atoms with Crippen LogP contribution >= 0.6 is 0 Å². The maximum Gasteiger partial charge on any atom is 0.407 e. The molecule has 3 aromatic rings. The number of carbonyl (C=O) groups excluding carboxylic acids is 3. The lowest BCUT2D eigenvalue weighted by Gasteiger charge is -2.44. The van der Waals surface area contributed by atoms with Crippen molar-refractivity contribution in [3.05, 3.63) is 71.4 Å². The molecule has 5 rings (SSSR count). The molecule has 3 amide bonds. The lowest BCUT2D eigenvalue weighted by molar-refractivity contribution is -0.151. The van der Waals surface area contributed by atoms with E-state index in [0.717, 1.165) is 5.56 Å². The van der Waals surface area contributed by atoms with E-state index in [9.17, 15) is 28.7 Å². The number of rotatable bonds is 9. The van der Waals surface area contributed by atoms with E-state index in [-0.39, 0.29) is 23.9 Å². The summed E-state index contributed by atoms with van der Waals surface area (Å²) in [4.78, 5) is 55.6. The fourth-order valence-electron chi connectivity index (χ4n) is 8.27. The predicted molar refractivity (Wildman–Crippen MR) is 180 cm³/mol. The Labute approximate surface area is 280 Å². The lowest BCUT2D eigenvalue weighted by Crippen LogP contribution is -2.60. The van der Waals surface area contributed by atoms with Crippen molar-refractivity contribution in [3.8, 4) is 0 Å². The smallest absolute Gasteiger partial charge is 0.407 e. The molecule has 2 aromatic carbocycles. The first-order chi connectivity index (χ1) is 22.7. The Hall–Kier alpha value is -4.41. The summed E-state index contributed by atoms with van der Waals surface area (Å²) in [5.74, 6) is -3.23. The zero-order chi connectivity index (χ0) is 35.0. The van der Waals surface area contributed by atoms with Crippen LogP contribution < -0.4 is 11.1 Å². The standard InChI is InChI=1S/C37H47FN4O6/c1-6-37(34(39)46)26(22-12-8-7-9-13-22)20-29(30-25-14-10-11-15-28(25)41(5)31(30)33(44)45)42(37)32(43)24-18-16-23(17-19-24)27(21-38)40-35(47)48-36(2,3)4/h7-15,23-24,26-27,29H,6,16-21H2,1-5H3,(H2,39,46)(H,40,47)(H,44,45)/t23?,24?,26-,27?,29?,37-/m0/s1. The number of primary amides is 1. The molecule has 258 valence electrons. The Kier molecular flexibility index (Phi) is 9.89. The normalized spacial score (nSPS) is 25.1. The average molecular weight is 663 g/mol. The summed E-state index contributed by atoms with van der Waals surface area (Å²) in [5.41, 5.74) is 6.25. The van der Waals surface area contributed by atoms with Gasteiger partial charge in [-0.05, 0) is 76.8 Å². The van der Waals surface area contributed by atoms with Gasteiger partial charge in [0.15, 0.2) is 0 Å². The number of likely N-dealkylation sites (tertiary alicyclic amines) is 1. The number of hydrogen-bond donors (Lipinski definition) is 3. The second kappa shape index (κ2) is 13.6. The molecule has 1 saturated heterocycles. The van der Waals surface area contributed by atoms with Gasteiger partial charge in [-0.2, -0.15) is 0 Å². The molecule has 0 bridgehead atoms. The molecule has 2 heterocycles. The zero-order valence-corrected chi connectivity index (χ0v) is 28.4. The van der Waals surface area contributed by atoms with Crippen LogP contribution in [0.4, 0.5) is 9.18 Å². The predicted octanol–water partition coefficient (Wildman–Crippen LogP) is 6.24. The van der Waals surface area contributed by atoms with E-state index in [1.54, 1.807) is 37.3 Å². The summed E-state index contributed by atoms with van der Waals surface area (Å²) in [6, 6.07) is 15.3. The van der Waals surface area contributed by atoms with Crippen LogP contribution in [0.2, 0.25) is 0 Å². The lowest BCUT2D eigenvalue weighted by atomic mass is 9.75. The van der Waals surface area contributed by atoms with E-state index in [0.29, 0.717) is 48.6 Å². The van der Waals surface area contributed by atoms with Gasteiger partial charge in [0.1, 0.15) is 23.5 Å². The van der Waals surface area contributed by atoms with E-state index in [4.69, 9.17) is 10.5 Å². The molecule has 10 nitrogen and oxygen atoms in total. The number of aromatic carboxylic acids is 1. The Morgan fingerprint density at radius 2 is 1.67 bits per heavy atom. The van der Waals surface area contributed by atoms with Gasteiger partial charge in [0.05, 0.1) is 12.1 Å². The van der Waals surface area contributed by atoms with Crippen LogP contribution in [-0.2, 0) is 21.4 Å². The maximum atomic E-state index is 14.9. The van der Waals surface area contributed by atoms with Crippen LogP contribution in [0.15, 0.2) is 54.6 Å². The van der Waals surface area contributed by atoms with Crippen LogP contribution in [0.5, 0.6) is 0 Å². The molecule has 1 aliphatic heterocycles. The number of amides is 3. The second-order valence-electron chi connectivity index (χ2n) is 14.2. The topological polar surface area (TPSA) is 144 Å². The Morgan fingerprint density at radius 3 is 2.23 bits per heavy atom. The molecule has 1 saturated carbocycles. The summed E-state index contributed by atoms with van der Waals surface area (Å²) >= 11 is 0. The minimum atomic E-state index is -1.42. The van der Waals surface area contributed by atoms with Crippen molar-refractivity contribution in [2.24, 2.45) is 24.6 Å². The molecular weight excluding hydrogens is 615 g/mol. The molecule has 4 N–H and O–H groups in total. The minimum Gasteiger partial charge on any atom is -0.477 e. The first-order valence-electron chi connectivity index (χ1n) is 16.8. The van der Waals surface area contributed by atoms with Crippen molar-refractivity contribution < 1.29 is 33.4 Å². The maximum absolute atomic E-state index is 14.9. The van der Waals surface area contributed by atoms with Gasteiger partial charge in [-0.15, -0.1) is 0 Å². The fraction of sp³-hybridized carbons (Fsp3) is 0.514. The van der Waals surface area contributed by atoms with Crippen molar-refractivity contribution in [3.63, 3.8) is 0 Å². The summed E-state index contributed by atoms with van der Waals surface area (Å²) in [5, 5.41) is 13.9. The number of aryl methyl sites for hydroxylation is 1. The van der Waals surface area contributed by atoms with Crippen LogP contribution in [0.3, 0.4) is 0 Å². The number of hydrogen-bond acceptors (Lipinski definition) is 5. The van der Waals surface area contributed by atoms with Crippen molar-refractivity contribution in [2.75, 3.05) is 6.67 Å². The number of aromatic nitrogens is 1. The number of halogens is 1. The van der Waals surface area contributed by atoms with E-state index < -0.39 is 59.7 Å². The van der Waals surface area contributed by atoms with Crippen LogP contribution in [0.25, 0.3) is 10.9 Å². The van der Waals surface area contributed by atoms with Crippen molar-refractivity contribution in [1.82, 2.24) is 14.8 Å². The number of ether oxygens (including phenoxy) is 1. The van der Waals surface area contributed by atoms with Crippen molar-refractivity contribution >= 4 is 34.8 Å². The van der Waals surface area contributed by atoms with Gasteiger partial charge in [0, 0.05) is 35.3 Å². The van der Waals surface area contributed by atoms with Gasteiger partial charge in [0.2, 0.25) is 11.8 Å². The average Bonchev–Trinajstić information content (AvgIpc) is 3.56. The quantitative estimate of drug-likeness (QED) is 0.248. The summed E-state index contributed by atoms with van der Waals surface area (Å²) < 4.78 is 21.2. The molecule has 11 heteroatoms. The number of nitrogens with zero attached hydrogens (tertiary/aromatic N) is 2. The first-order valence-corrected chi connectivity index (χ1v) is 16.8. The Morgan fingerprint density at radius 1 is 1.04 bits per heavy atom. The van der Waals surface area contributed by atoms with E-state index in [1.807, 2.05) is 61.5 Å². The number of carbonyl (C=O) groups is 4. The van der Waals surface area contributed by atoms with E-state index >= 15 is 0 Å². The number of alkyl halides is 1. The summed E-state index contributed by atoms with van der Waals surface area (Å²) in [6.07, 6.45) is 1.63. The number of nitrogens with two attached hydrogens (primary N) is 1. The van der Waals surface area contributed by atoms with Gasteiger partial charge in [0.25, 0.3) is 0 Å². The van der Waals surface area contributed by atoms with E-state index in [2.05, 4.69) is 5.32 Å². The van der Waals surface area contributed by atoms with Crippen LogP contribution in [-0.4, -0.2) is 62.3 Å². The Balaban J connectivity index is 1.55. The highest BCUT2D eigenvalue weighted by Gasteiger charge is 2.60. The number of nitrogens with one attached hydrogen (secondary N) is 1. The number of fused-ring (bicyclic) bond motifs is 1. The van der Waals surface area contributed by atoms with Crippen LogP contribution in [0.1, 0.15) is 99.8 Å². The third-order valence-corrected chi connectivity index (χ3v) is 10.4. The van der Waals surface area contributed by atoms with Crippen molar-refractivity contribution in [1.29, 1.82) is 0 Å². The van der Waals surface area contributed by atoms with Gasteiger partial charge in [-0.25, -0.2) is 14.0 Å². The second-order valence-corrected chi connectivity index (χ2v) is 14.2. The molecular formula is C37H47FN4O6. The number of alkyl carbamates (subject to hydrolysis) is 1. The molecule has 2 unspecified atom stereocenters. The molecule has 0 radical (unpaired) electrons. The molecule has 1 aliphatic carbocycles. The first kappa shape index (κ1) is 34.9. The minimum absolute atomic E-state index is 0.0601. The summed E-state index contributed by atoms with van der Waals surface area (Å²) in [6.45, 7) is 6.29. The van der Waals surface area contributed by atoms with Gasteiger partial charge >= 0.3 is 12.1 Å².